The van der Waals surface area contributed by atoms with Crippen molar-refractivity contribution in [3.63, 3.8) is 0 Å². The molecule has 2 heterocycles. The number of rotatable bonds is 3. The Kier molecular flexibility index (Phi) is 4.24. The van der Waals surface area contributed by atoms with Gasteiger partial charge in [-0.05, 0) is 12.1 Å². The molecule has 0 amide bonds. The maximum Gasteiger partial charge on any atom is 0.332 e. The van der Waals surface area contributed by atoms with Gasteiger partial charge in [-0.3, -0.25) is 18.7 Å². The summed E-state index contributed by atoms with van der Waals surface area (Å²) < 4.78 is 2.34. The summed E-state index contributed by atoms with van der Waals surface area (Å²) in [5, 5.41) is 0. The molecule has 1 fully saturated rings. The number of aldehydes is 1. The molecule has 3 rings (SSSR count). The van der Waals surface area contributed by atoms with Crippen molar-refractivity contribution in [2.45, 2.75) is 0 Å². The van der Waals surface area contributed by atoms with E-state index in [9.17, 15) is 14.4 Å². The number of hydrogen-bond donors (Lipinski definition) is 0. The summed E-state index contributed by atoms with van der Waals surface area (Å²) in [5.41, 5.74) is 0.207. The molecule has 0 atom stereocenters. The van der Waals surface area contributed by atoms with Gasteiger partial charge < -0.3 is 9.80 Å². The first-order valence-corrected chi connectivity index (χ1v) is 7.84. The Morgan fingerprint density at radius 3 is 2.04 bits per heavy atom. The molecule has 0 spiro atoms. The molecular weight excluding hydrogens is 308 g/mol. The van der Waals surface area contributed by atoms with Crippen LogP contribution >= 0.6 is 0 Å². The number of para-hydroxylation sites is 1. The van der Waals surface area contributed by atoms with Crippen molar-refractivity contribution in [1.82, 2.24) is 9.13 Å². The molecule has 1 aromatic heterocycles. The molecule has 7 nitrogen and oxygen atoms in total. The fraction of sp³-hybridized carbons (Fsp3) is 0.353. The smallest absolute Gasteiger partial charge is 0.332 e. The third-order valence-corrected chi connectivity index (χ3v) is 4.49. The van der Waals surface area contributed by atoms with E-state index < -0.39 is 11.2 Å². The molecule has 126 valence electrons. The summed E-state index contributed by atoms with van der Waals surface area (Å²) >= 11 is 0. The van der Waals surface area contributed by atoms with E-state index in [1.807, 2.05) is 23.1 Å². The van der Waals surface area contributed by atoms with Crippen LogP contribution in [0, 0.1) is 0 Å². The zero-order valence-corrected chi connectivity index (χ0v) is 13.8. The Morgan fingerprint density at radius 1 is 0.875 bits per heavy atom. The first-order valence-electron chi connectivity index (χ1n) is 7.84. The van der Waals surface area contributed by atoms with E-state index in [1.165, 1.54) is 11.6 Å². The van der Waals surface area contributed by atoms with E-state index in [4.69, 9.17) is 0 Å². The monoisotopic (exact) mass is 328 g/mol. The van der Waals surface area contributed by atoms with Crippen LogP contribution in [0.5, 0.6) is 0 Å². The predicted molar refractivity (Wildman–Crippen MR) is 93.2 cm³/mol. The maximum atomic E-state index is 12.2. The number of nitrogens with zero attached hydrogens (tertiary/aromatic N) is 4. The zero-order valence-electron chi connectivity index (χ0n) is 13.8. The van der Waals surface area contributed by atoms with Gasteiger partial charge in [0.2, 0.25) is 0 Å². The lowest BCUT2D eigenvalue weighted by atomic mass is 10.2. The Hall–Kier alpha value is -2.83. The molecule has 24 heavy (non-hydrogen) atoms. The van der Waals surface area contributed by atoms with Crippen molar-refractivity contribution in [3.8, 4) is 0 Å². The van der Waals surface area contributed by atoms with Crippen molar-refractivity contribution in [3.05, 3.63) is 56.7 Å². The molecule has 1 saturated heterocycles. The van der Waals surface area contributed by atoms with Gasteiger partial charge in [-0.25, -0.2) is 4.79 Å². The number of benzene rings is 1. The van der Waals surface area contributed by atoms with E-state index in [2.05, 4.69) is 17.0 Å². The van der Waals surface area contributed by atoms with Crippen LogP contribution in [0.15, 0.2) is 39.9 Å². The highest BCUT2D eigenvalue weighted by molar-refractivity contribution is 5.82. The summed E-state index contributed by atoms with van der Waals surface area (Å²) in [4.78, 5) is 40.0. The van der Waals surface area contributed by atoms with Crippen LogP contribution in [-0.4, -0.2) is 41.6 Å². The van der Waals surface area contributed by atoms with Crippen LogP contribution in [0.1, 0.15) is 10.4 Å². The number of hydrogen-bond acceptors (Lipinski definition) is 5. The molecule has 1 aliphatic heterocycles. The van der Waals surface area contributed by atoms with Crippen molar-refractivity contribution in [1.29, 1.82) is 0 Å². The van der Waals surface area contributed by atoms with Crippen LogP contribution in [0.25, 0.3) is 0 Å². The summed E-state index contributed by atoms with van der Waals surface area (Å²) in [7, 11) is 2.97. The Morgan fingerprint density at radius 2 is 1.46 bits per heavy atom. The quantitative estimate of drug-likeness (QED) is 0.754. The molecule has 0 N–H and O–H groups in total. The lowest BCUT2D eigenvalue weighted by Gasteiger charge is -2.38. The van der Waals surface area contributed by atoms with E-state index in [-0.39, 0.29) is 5.56 Å². The molecule has 2 aromatic rings. The summed E-state index contributed by atoms with van der Waals surface area (Å²) in [6.07, 6.45) is 0.542. The minimum absolute atomic E-state index is 0.0350. The number of piperazine rings is 1. The third-order valence-electron chi connectivity index (χ3n) is 4.49. The molecule has 0 radical (unpaired) electrons. The SMILES string of the molecule is Cn1c(N2CCN(c3ccccc3)CC2)c(C=O)c(=O)n(C)c1=O. The lowest BCUT2D eigenvalue weighted by Crippen LogP contribution is -2.50. The van der Waals surface area contributed by atoms with E-state index in [1.54, 1.807) is 7.05 Å². The van der Waals surface area contributed by atoms with Gasteiger partial charge in [0.1, 0.15) is 11.4 Å². The van der Waals surface area contributed by atoms with Gasteiger partial charge in [-0.2, -0.15) is 0 Å². The molecular formula is C17H20N4O3. The second kappa shape index (κ2) is 6.35. The number of aromatic nitrogens is 2. The highest BCUT2D eigenvalue weighted by Crippen LogP contribution is 2.20. The summed E-state index contributed by atoms with van der Waals surface area (Å²) in [6, 6.07) is 10.1. The Bertz CT molecular complexity index is 862. The van der Waals surface area contributed by atoms with Gasteiger partial charge in [0.25, 0.3) is 5.56 Å². The maximum absolute atomic E-state index is 12.2. The van der Waals surface area contributed by atoms with Gasteiger partial charge >= 0.3 is 5.69 Å². The van der Waals surface area contributed by atoms with Crippen LogP contribution in [0.4, 0.5) is 11.5 Å². The molecule has 7 heteroatoms. The molecule has 0 bridgehead atoms. The van der Waals surface area contributed by atoms with Gasteiger partial charge in [0.05, 0.1) is 0 Å². The van der Waals surface area contributed by atoms with Crippen molar-refractivity contribution in [2.24, 2.45) is 14.1 Å². The largest absolute Gasteiger partial charge is 0.368 e. The number of carbonyl (C=O) groups is 1. The average Bonchev–Trinajstić information content (AvgIpc) is 2.63. The average molecular weight is 328 g/mol. The molecule has 0 unspecified atom stereocenters. The predicted octanol–water partition coefficient (Wildman–Crippen LogP) is 0.223. The van der Waals surface area contributed by atoms with Crippen molar-refractivity contribution < 1.29 is 4.79 Å². The Labute approximate surface area is 139 Å². The third kappa shape index (κ3) is 2.62. The van der Waals surface area contributed by atoms with Crippen molar-refractivity contribution in [2.75, 3.05) is 36.0 Å². The van der Waals surface area contributed by atoms with E-state index in [0.29, 0.717) is 25.2 Å². The summed E-state index contributed by atoms with van der Waals surface area (Å²) in [5.74, 6) is 0.408. The lowest BCUT2D eigenvalue weighted by molar-refractivity contribution is 0.112. The fourth-order valence-corrected chi connectivity index (χ4v) is 3.16. The second-order valence-corrected chi connectivity index (χ2v) is 5.87. The number of carbonyl (C=O) groups excluding carboxylic acids is 1. The van der Waals surface area contributed by atoms with Crippen LogP contribution in [0.2, 0.25) is 0 Å². The number of anilines is 2. The molecule has 0 saturated carbocycles. The van der Waals surface area contributed by atoms with Gasteiger partial charge in [-0.15, -0.1) is 0 Å². The van der Waals surface area contributed by atoms with E-state index >= 15 is 0 Å². The topological polar surface area (TPSA) is 67.5 Å². The molecule has 0 aliphatic carbocycles. The zero-order chi connectivity index (χ0) is 17.3. The fourth-order valence-electron chi connectivity index (χ4n) is 3.16. The normalized spacial score (nSPS) is 14.8. The minimum Gasteiger partial charge on any atom is -0.368 e. The van der Waals surface area contributed by atoms with Gasteiger partial charge in [0.15, 0.2) is 6.29 Å². The summed E-state index contributed by atoms with van der Waals surface area (Å²) in [6.45, 7) is 2.78. The standard InChI is InChI=1S/C17H20N4O3/c1-18-15(14(12-22)16(23)19(2)17(18)24)21-10-8-20(9-11-21)13-6-4-3-5-7-13/h3-7,12H,8-11H2,1-2H3. The molecule has 1 aromatic carbocycles. The first kappa shape index (κ1) is 16.0. The van der Waals surface area contributed by atoms with Crippen LogP contribution in [-0.2, 0) is 14.1 Å². The molecule has 1 aliphatic rings. The van der Waals surface area contributed by atoms with Gasteiger partial charge in [0, 0.05) is 46.0 Å². The van der Waals surface area contributed by atoms with Crippen LogP contribution in [0.3, 0.4) is 0 Å². The minimum atomic E-state index is -0.548. The van der Waals surface area contributed by atoms with E-state index in [0.717, 1.165) is 23.3 Å². The Balaban J connectivity index is 1.91. The highest BCUT2D eigenvalue weighted by Gasteiger charge is 2.24. The van der Waals surface area contributed by atoms with Crippen molar-refractivity contribution >= 4 is 17.8 Å². The second-order valence-electron chi connectivity index (χ2n) is 5.87. The van der Waals surface area contributed by atoms with Gasteiger partial charge in [-0.1, -0.05) is 18.2 Å². The highest BCUT2D eigenvalue weighted by atomic mass is 16.2. The first-order chi connectivity index (χ1) is 11.5. The van der Waals surface area contributed by atoms with Crippen LogP contribution < -0.4 is 21.0 Å².